The molecule has 9 heteroatoms. The van der Waals surface area contributed by atoms with Crippen LogP contribution in [0.2, 0.25) is 0 Å². The number of nitrogens with one attached hydrogen (secondary N) is 1. The molecule has 1 saturated carbocycles. The van der Waals surface area contributed by atoms with E-state index in [4.69, 9.17) is 5.73 Å². The lowest BCUT2D eigenvalue weighted by atomic mass is 9.80. The molecule has 5 atom stereocenters. The van der Waals surface area contributed by atoms with Gasteiger partial charge in [-0.15, -0.1) is 0 Å². The van der Waals surface area contributed by atoms with Crippen LogP contribution in [0.1, 0.15) is 36.2 Å². The molecule has 0 unspecified atom stereocenters. The van der Waals surface area contributed by atoms with E-state index >= 15 is 0 Å². The summed E-state index contributed by atoms with van der Waals surface area (Å²) in [6.07, 6.45) is 3.19. The molecule has 2 fully saturated rings. The van der Waals surface area contributed by atoms with E-state index in [1.54, 1.807) is 6.33 Å². The fraction of sp³-hybridized carbons (Fsp3) is 0.375. The summed E-state index contributed by atoms with van der Waals surface area (Å²) < 4.78 is 2.79. The first-order chi connectivity index (χ1) is 15.9. The fourth-order valence-electron chi connectivity index (χ4n) is 5.74. The maximum atomic E-state index is 11.2. The molecule has 4 heterocycles. The smallest absolute Gasteiger partial charge is 0.143 e. The number of rotatable bonds is 2. The third kappa shape index (κ3) is 3.18. The minimum absolute atomic E-state index is 0.0626. The number of aliphatic hydroxyl groups excluding tert-OH is 2. The molecule has 4 aromatic rings. The molecular weight excluding hydrogens is 484 g/mol. The molecule has 1 aromatic carbocycles. The van der Waals surface area contributed by atoms with Crippen molar-refractivity contribution >= 4 is 43.7 Å². The number of aromatic nitrogens is 4. The average Bonchev–Trinajstić information content (AvgIpc) is 3.48. The molecule has 0 bridgehead atoms. The summed E-state index contributed by atoms with van der Waals surface area (Å²) in [7, 11) is 0. The SMILES string of the molecule is Cc1ncnc2c1ccn2[C@@H]1C[C@@]2(CN[C@H](c3ccc4cc(Br)c(N)nc4c3)C2)[C@@H](O)[C@H]1O. The quantitative estimate of drug-likeness (QED) is 0.328. The van der Waals surface area contributed by atoms with Gasteiger partial charge in [0.05, 0.1) is 27.8 Å². The summed E-state index contributed by atoms with van der Waals surface area (Å²) in [5.41, 5.74) is 9.21. The van der Waals surface area contributed by atoms with E-state index in [0.29, 0.717) is 18.8 Å². The number of nitrogens with two attached hydrogens (primary N) is 1. The van der Waals surface area contributed by atoms with Crippen molar-refractivity contribution in [2.75, 3.05) is 12.3 Å². The molecule has 2 aliphatic rings. The van der Waals surface area contributed by atoms with E-state index < -0.39 is 17.6 Å². The number of nitrogen functional groups attached to an aromatic ring is 1. The summed E-state index contributed by atoms with van der Waals surface area (Å²) >= 11 is 3.43. The number of aryl methyl sites for hydroxylation is 1. The van der Waals surface area contributed by atoms with Crippen LogP contribution in [0.5, 0.6) is 0 Å². The lowest BCUT2D eigenvalue weighted by molar-refractivity contribution is -0.0218. The molecule has 5 N–H and O–H groups in total. The van der Waals surface area contributed by atoms with Crippen molar-refractivity contribution < 1.29 is 10.2 Å². The average molecular weight is 509 g/mol. The van der Waals surface area contributed by atoms with E-state index in [0.717, 1.165) is 44.1 Å². The molecular formula is C24H25BrN6O2. The first-order valence-electron chi connectivity index (χ1n) is 11.1. The molecule has 1 saturated heterocycles. The third-order valence-electron chi connectivity index (χ3n) is 7.56. The zero-order valence-electron chi connectivity index (χ0n) is 18.1. The minimum Gasteiger partial charge on any atom is -0.390 e. The van der Waals surface area contributed by atoms with Crippen molar-refractivity contribution in [1.82, 2.24) is 24.8 Å². The molecule has 0 radical (unpaired) electrons. The monoisotopic (exact) mass is 508 g/mol. The topological polar surface area (TPSA) is 122 Å². The first-order valence-corrected chi connectivity index (χ1v) is 11.9. The van der Waals surface area contributed by atoms with Crippen LogP contribution in [0.25, 0.3) is 21.9 Å². The standard InChI is InChI=1S/C24H25BrN6O2/c1-12-15-4-5-31(23(15)29-11-28-12)19-9-24(21(33)20(19)32)8-18(27-10-24)14-3-2-13-6-16(25)22(26)30-17(13)7-14/h2-7,11,18-21,27,32-33H,8-10H2,1H3,(H2,26,30)/t18-,19+,20-,21-,24-/m0/s1. The van der Waals surface area contributed by atoms with Crippen LogP contribution >= 0.6 is 15.9 Å². The Bertz CT molecular complexity index is 1390. The molecule has 3 aromatic heterocycles. The molecule has 8 nitrogen and oxygen atoms in total. The number of halogens is 1. The number of aliphatic hydroxyl groups is 2. The number of benzene rings is 1. The van der Waals surface area contributed by atoms with Crippen molar-refractivity contribution in [3.8, 4) is 0 Å². The Balaban J connectivity index is 1.30. The lowest BCUT2D eigenvalue weighted by Crippen LogP contribution is -2.38. The lowest BCUT2D eigenvalue weighted by Gasteiger charge is -2.27. The molecule has 1 spiro atoms. The summed E-state index contributed by atoms with van der Waals surface area (Å²) in [5, 5.41) is 27.8. The van der Waals surface area contributed by atoms with Gasteiger partial charge in [-0.2, -0.15) is 0 Å². The van der Waals surface area contributed by atoms with Crippen LogP contribution in [-0.4, -0.2) is 48.5 Å². The van der Waals surface area contributed by atoms with Gasteiger partial charge in [0.2, 0.25) is 0 Å². The zero-order chi connectivity index (χ0) is 22.9. The van der Waals surface area contributed by atoms with E-state index in [2.05, 4.69) is 48.3 Å². The summed E-state index contributed by atoms with van der Waals surface area (Å²) in [5.74, 6) is 0.464. The Hall–Kier alpha value is -2.59. The van der Waals surface area contributed by atoms with Crippen LogP contribution in [-0.2, 0) is 0 Å². The first kappa shape index (κ1) is 21.0. The second-order valence-electron chi connectivity index (χ2n) is 9.43. The Labute approximate surface area is 199 Å². The Morgan fingerprint density at radius 3 is 2.88 bits per heavy atom. The van der Waals surface area contributed by atoms with Crippen LogP contribution in [0.3, 0.4) is 0 Å². The highest BCUT2D eigenvalue weighted by molar-refractivity contribution is 9.10. The number of anilines is 1. The predicted molar refractivity (Wildman–Crippen MR) is 130 cm³/mol. The van der Waals surface area contributed by atoms with Crippen LogP contribution in [0.15, 0.2) is 47.3 Å². The van der Waals surface area contributed by atoms with E-state index in [1.807, 2.05) is 35.9 Å². The summed E-state index contributed by atoms with van der Waals surface area (Å²) in [6.45, 7) is 2.58. The number of hydrogen-bond acceptors (Lipinski definition) is 7. The molecule has 1 aliphatic heterocycles. The highest BCUT2D eigenvalue weighted by atomic mass is 79.9. The third-order valence-corrected chi connectivity index (χ3v) is 8.20. The normalized spacial score (nSPS) is 29.6. The number of nitrogens with zero attached hydrogens (tertiary/aromatic N) is 4. The van der Waals surface area contributed by atoms with Crippen LogP contribution in [0.4, 0.5) is 5.82 Å². The van der Waals surface area contributed by atoms with Gasteiger partial charge in [0.15, 0.2) is 0 Å². The summed E-state index contributed by atoms with van der Waals surface area (Å²) in [6, 6.07) is 9.97. The maximum Gasteiger partial charge on any atom is 0.143 e. The largest absolute Gasteiger partial charge is 0.390 e. The van der Waals surface area contributed by atoms with Crippen LogP contribution in [0, 0.1) is 12.3 Å². The molecule has 1 aliphatic carbocycles. The fourth-order valence-corrected chi connectivity index (χ4v) is 6.08. The van der Waals surface area contributed by atoms with Gasteiger partial charge < -0.3 is 25.8 Å². The van der Waals surface area contributed by atoms with Crippen molar-refractivity contribution in [2.24, 2.45) is 5.41 Å². The van der Waals surface area contributed by atoms with E-state index in [1.165, 1.54) is 0 Å². The van der Waals surface area contributed by atoms with Gasteiger partial charge >= 0.3 is 0 Å². The second kappa shape index (κ2) is 7.46. The van der Waals surface area contributed by atoms with Crippen molar-refractivity contribution in [3.05, 3.63) is 58.6 Å². The van der Waals surface area contributed by atoms with E-state index in [9.17, 15) is 10.2 Å². The van der Waals surface area contributed by atoms with Gasteiger partial charge in [0, 0.05) is 35.0 Å². The van der Waals surface area contributed by atoms with Gasteiger partial charge in [0.25, 0.3) is 0 Å². The van der Waals surface area contributed by atoms with E-state index in [-0.39, 0.29) is 12.1 Å². The molecule has 170 valence electrons. The summed E-state index contributed by atoms with van der Waals surface area (Å²) in [4.78, 5) is 13.2. The van der Waals surface area contributed by atoms with Gasteiger partial charge in [-0.25, -0.2) is 15.0 Å². The van der Waals surface area contributed by atoms with Gasteiger partial charge in [0.1, 0.15) is 23.9 Å². The second-order valence-corrected chi connectivity index (χ2v) is 10.3. The van der Waals surface area contributed by atoms with Crippen molar-refractivity contribution in [1.29, 1.82) is 0 Å². The van der Waals surface area contributed by atoms with Gasteiger partial charge in [-0.05, 0) is 59.5 Å². The van der Waals surface area contributed by atoms with Crippen LogP contribution < -0.4 is 11.1 Å². The number of fused-ring (bicyclic) bond motifs is 2. The highest BCUT2D eigenvalue weighted by Crippen LogP contribution is 2.52. The minimum atomic E-state index is -0.869. The molecule has 33 heavy (non-hydrogen) atoms. The zero-order valence-corrected chi connectivity index (χ0v) is 19.7. The molecule has 0 amide bonds. The van der Waals surface area contributed by atoms with Crippen molar-refractivity contribution in [2.45, 2.75) is 44.1 Å². The predicted octanol–water partition coefficient (Wildman–Crippen LogP) is 3.02. The highest BCUT2D eigenvalue weighted by Gasteiger charge is 2.56. The Morgan fingerprint density at radius 1 is 1.18 bits per heavy atom. The van der Waals surface area contributed by atoms with Crippen molar-refractivity contribution in [3.63, 3.8) is 0 Å². The number of hydrogen-bond donors (Lipinski definition) is 4. The maximum absolute atomic E-state index is 11.2. The molecule has 6 rings (SSSR count). The Kier molecular flexibility index (Phi) is 4.74. The number of pyridine rings is 1. The Morgan fingerprint density at radius 2 is 2.03 bits per heavy atom. The van der Waals surface area contributed by atoms with Gasteiger partial charge in [-0.3, -0.25) is 0 Å². The van der Waals surface area contributed by atoms with Gasteiger partial charge in [-0.1, -0.05) is 12.1 Å².